The summed E-state index contributed by atoms with van der Waals surface area (Å²) in [6.45, 7) is 0. The molecule has 2 aromatic heterocycles. The Morgan fingerprint density at radius 2 is 2.37 bits per heavy atom. The van der Waals surface area contributed by atoms with E-state index in [4.69, 9.17) is 10.9 Å². The van der Waals surface area contributed by atoms with Crippen LogP contribution in [0.5, 0.6) is 0 Å². The van der Waals surface area contributed by atoms with Crippen LogP contribution in [0.1, 0.15) is 5.69 Å². The summed E-state index contributed by atoms with van der Waals surface area (Å²) in [7, 11) is 0. The minimum atomic E-state index is -0.651. The molecule has 10 heteroatoms. The summed E-state index contributed by atoms with van der Waals surface area (Å²) in [6.07, 6.45) is 3.20. The molecule has 0 aliphatic carbocycles. The highest BCUT2D eigenvalue weighted by Crippen LogP contribution is 2.26. The van der Waals surface area contributed by atoms with Crippen molar-refractivity contribution in [3.05, 3.63) is 40.3 Å². The molecule has 2 heterocycles. The van der Waals surface area contributed by atoms with Crippen molar-refractivity contribution >= 4 is 23.3 Å². The highest BCUT2D eigenvalue weighted by Gasteiger charge is 2.20. The van der Waals surface area contributed by atoms with Crippen molar-refractivity contribution in [2.45, 2.75) is 10.2 Å². The van der Waals surface area contributed by atoms with Crippen molar-refractivity contribution in [3.63, 3.8) is 0 Å². The van der Waals surface area contributed by atoms with Gasteiger partial charge in [0.25, 0.3) is 5.69 Å². The van der Waals surface area contributed by atoms with Gasteiger partial charge in [-0.1, -0.05) is 5.16 Å². The number of hydrogen-bond acceptors (Lipinski definition) is 7. The van der Waals surface area contributed by atoms with Crippen LogP contribution >= 0.6 is 11.8 Å². The van der Waals surface area contributed by atoms with Gasteiger partial charge in [-0.05, 0) is 17.8 Å². The number of imidazole rings is 1. The topological polar surface area (TPSA) is 143 Å². The summed E-state index contributed by atoms with van der Waals surface area (Å²) >= 11 is 1.16. The molecule has 0 atom stereocenters. The average Bonchev–Trinajstić information content (AvgIpc) is 2.90. The Labute approximate surface area is 110 Å². The molecule has 0 spiro atoms. The number of pyridine rings is 1. The van der Waals surface area contributed by atoms with Crippen LogP contribution < -0.4 is 5.73 Å². The van der Waals surface area contributed by atoms with E-state index in [1.807, 2.05) is 0 Å². The van der Waals surface area contributed by atoms with Gasteiger partial charge < -0.3 is 15.9 Å². The minimum absolute atomic E-state index is 0.191. The van der Waals surface area contributed by atoms with E-state index in [0.29, 0.717) is 10.2 Å². The first-order valence-electron chi connectivity index (χ1n) is 4.92. The fourth-order valence-corrected chi connectivity index (χ4v) is 1.99. The van der Waals surface area contributed by atoms with Crippen LogP contribution in [0.4, 0.5) is 5.69 Å². The van der Waals surface area contributed by atoms with Gasteiger partial charge in [0.2, 0.25) is 0 Å². The third-order valence-electron chi connectivity index (χ3n) is 2.07. The largest absolute Gasteiger partial charge is 0.409 e. The van der Waals surface area contributed by atoms with Crippen molar-refractivity contribution < 1.29 is 10.1 Å². The Morgan fingerprint density at radius 3 is 2.95 bits per heavy atom. The predicted octanol–water partition coefficient (Wildman–Crippen LogP) is 0.959. The third kappa shape index (κ3) is 2.80. The van der Waals surface area contributed by atoms with Gasteiger partial charge in [0.15, 0.2) is 16.7 Å². The quantitative estimate of drug-likeness (QED) is 0.249. The van der Waals surface area contributed by atoms with E-state index < -0.39 is 10.8 Å². The highest BCUT2D eigenvalue weighted by molar-refractivity contribution is 7.99. The second kappa shape index (κ2) is 5.35. The zero-order valence-corrected chi connectivity index (χ0v) is 10.2. The van der Waals surface area contributed by atoms with Crippen LogP contribution in [0.3, 0.4) is 0 Å². The van der Waals surface area contributed by atoms with Gasteiger partial charge in [0.05, 0.1) is 4.92 Å². The number of H-pyrrole nitrogens is 1. The summed E-state index contributed by atoms with van der Waals surface area (Å²) < 4.78 is 0. The lowest BCUT2D eigenvalue weighted by molar-refractivity contribution is -0.385. The summed E-state index contributed by atoms with van der Waals surface area (Å²) in [6, 6.07) is 2.70. The number of nitrogens with zero attached hydrogens (tertiary/aromatic N) is 4. The first-order valence-corrected chi connectivity index (χ1v) is 5.74. The van der Waals surface area contributed by atoms with Crippen LogP contribution in [0.15, 0.2) is 39.9 Å². The summed E-state index contributed by atoms with van der Waals surface area (Å²) in [4.78, 5) is 21.0. The molecule has 0 aliphatic heterocycles. The van der Waals surface area contributed by atoms with E-state index in [1.54, 1.807) is 12.4 Å². The maximum Gasteiger partial charge on any atom is 0.298 e. The fourth-order valence-electron chi connectivity index (χ4n) is 1.28. The van der Waals surface area contributed by atoms with E-state index in [-0.39, 0.29) is 11.4 Å². The second-order valence-electron chi connectivity index (χ2n) is 3.26. The Bertz CT molecular complexity index is 627. The number of nitrogens with one attached hydrogen (secondary N) is 1. The second-order valence-corrected chi connectivity index (χ2v) is 4.27. The molecule has 0 saturated carbocycles. The molecule has 0 bridgehead atoms. The summed E-state index contributed by atoms with van der Waals surface area (Å²) in [5.74, 6) is -0.423. The van der Waals surface area contributed by atoms with Gasteiger partial charge in [-0.2, -0.15) is 0 Å². The molecular weight excluding hydrogens is 272 g/mol. The zero-order valence-electron chi connectivity index (χ0n) is 9.35. The van der Waals surface area contributed by atoms with E-state index >= 15 is 0 Å². The SMILES string of the molecule is N/C(=N/O)c1nc(Sc2ncc[nH]2)ccc1[N+](=O)[O-]. The van der Waals surface area contributed by atoms with Gasteiger partial charge >= 0.3 is 0 Å². The summed E-state index contributed by atoms with van der Waals surface area (Å²) in [5.41, 5.74) is 4.85. The van der Waals surface area contributed by atoms with E-state index in [2.05, 4.69) is 20.1 Å². The number of amidine groups is 1. The highest BCUT2D eigenvalue weighted by atomic mass is 32.2. The van der Waals surface area contributed by atoms with Crippen molar-refractivity contribution in [1.82, 2.24) is 15.0 Å². The lowest BCUT2D eigenvalue weighted by atomic mass is 10.3. The monoisotopic (exact) mass is 280 g/mol. The average molecular weight is 280 g/mol. The Kier molecular flexibility index (Phi) is 3.61. The lowest BCUT2D eigenvalue weighted by Crippen LogP contribution is -2.17. The van der Waals surface area contributed by atoms with Crippen LogP contribution in [-0.2, 0) is 0 Å². The molecule has 98 valence electrons. The summed E-state index contributed by atoms with van der Waals surface area (Å²) in [5, 5.41) is 23.2. The van der Waals surface area contributed by atoms with Crippen LogP contribution in [0.25, 0.3) is 0 Å². The predicted molar refractivity (Wildman–Crippen MR) is 66.1 cm³/mol. The number of nitro groups is 1. The Balaban J connectivity index is 2.40. The maximum absolute atomic E-state index is 10.8. The smallest absolute Gasteiger partial charge is 0.298 e. The third-order valence-corrected chi connectivity index (χ3v) is 2.92. The molecule has 2 rings (SSSR count). The van der Waals surface area contributed by atoms with E-state index in [1.165, 1.54) is 12.1 Å². The van der Waals surface area contributed by atoms with Gasteiger partial charge in [0.1, 0.15) is 5.03 Å². The Hall–Kier alpha value is -2.62. The van der Waals surface area contributed by atoms with Crippen LogP contribution in [0, 0.1) is 10.1 Å². The molecule has 9 nitrogen and oxygen atoms in total. The molecule has 0 amide bonds. The molecule has 4 N–H and O–H groups in total. The lowest BCUT2D eigenvalue weighted by Gasteiger charge is -2.02. The van der Waals surface area contributed by atoms with Crippen molar-refractivity contribution in [2.24, 2.45) is 10.9 Å². The van der Waals surface area contributed by atoms with Crippen LogP contribution in [-0.4, -0.2) is 30.9 Å². The fraction of sp³-hybridized carbons (Fsp3) is 0. The standard InChI is InChI=1S/C9H8N6O3S/c10-8(14-16)7-5(15(17)18)1-2-6(13-7)19-9-11-3-4-12-9/h1-4,16H,(H2,10,14)(H,11,12). The molecule has 0 aliphatic rings. The number of aromatic amines is 1. The van der Waals surface area contributed by atoms with Gasteiger partial charge in [0, 0.05) is 18.5 Å². The number of oxime groups is 1. The zero-order chi connectivity index (χ0) is 13.8. The molecule has 19 heavy (non-hydrogen) atoms. The van der Waals surface area contributed by atoms with Gasteiger partial charge in [-0.15, -0.1) is 0 Å². The van der Waals surface area contributed by atoms with Crippen molar-refractivity contribution in [3.8, 4) is 0 Å². The first kappa shape index (κ1) is 12.8. The molecule has 0 saturated heterocycles. The Morgan fingerprint density at radius 1 is 1.58 bits per heavy atom. The molecule has 0 radical (unpaired) electrons. The number of rotatable bonds is 4. The van der Waals surface area contributed by atoms with Gasteiger partial charge in [-0.3, -0.25) is 10.1 Å². The van der Waals surface area contributed by atoms with E-state index in [9.17, 15) is 10.1 Å². The van der Waals surface area contributed by atoms with E-state index in [0.717, 1.165) is 11.8 Å². The minimum Gasteiger partial charge on any atom is -0.409 e. The first-order chi connectivity index (χ1) is 9.11. The number of aromatic nitrogens is 3. The maximum atomic E-state index is 10.8. The van der Waals surface area contributed by atoms with Crippen LogP contribution in [0.2, 0.25) is 0 Å². The van der Waals surface area contributed by atoms with Crippen molar-refractivity contribution in [1.29, 1.82) is 0 Å². The van der Waals surface area contributed by atoms with Crippen molar-refractivity contribution in [2.75, 3.05) is 0 Å². The number of nitrogens with two attached hydrogens (primary N) is 1. The molecular formula is C9H8N6O3S. The molecule has 2 aromatic rings. The van der Waals surface area contributed by atoms with Gasteiger partial charge in [-0.25, -0.2) is 9.97 Å². The molecule has 0 aromatic carbocycles. The molecule has 0 unspecified atom stereocenters. The normalized spacial score (nSPS) is 11.5. The molecule has 0 fully saturated rings. The number of hydrogen-bond donors (Lipinski definition) is 3.